The van der Waals surface area contributed by atoms with Gasteiger partial charge in [-0.1, -0.05) is 19.3 Å². The zero-order chi connectivity index (χ0) is 20.1. The second-order valence-corrected chi connectivity index (χ2v) is 6.60. The van der Waals surface area contributed by atoms with E-state index in [1.165, 1.54) is 51.3 Å². The molecule has 0 aliphatic heterocycles. The molecule has 8 N–H and O–H groups in total. The molecular formula is C17H28BrN3O5. The van der Waals surface area contributed by atoms with E-state index in [1.54, 1.807) is 0 Å². The van der Waals surface area contributed by atoms with Gasteiger partial charge in [0.25, 0.3) is 0 Å². The lowest BCUT2D eigenvalue weighted by Crippen LogP contribution is -2.37. The first-order valence-corrected chi connectivity index (χ1v) is 9.01. The van der Waals surface area contributed by atoms with Crippen molar-refractivity contribution in [3.8, 4) is 11.5 Å². The van der Waals surface area contributed by atoms with Crippen molar-refractivity contribution in [3.63, 3.8) is 0 Å². The number of aliphatic carboxylic acids is 1. The number of halogens is 1. The summed E-state index contributed by atoms with van der Waals surface area (Å²) in [4.78, 5) is 20.2. The summed E-state index contributed by atoms with van der Waals surface area (Å²) in [6, 6.07) is 2.52. The van der Waals surface area contributed by atoms with Gasteiger partial charge < -0.3 is 32.2 Å². The SMILES string of the molecule is COc1cc(O)c(Br)cc1C=O.NC1CCCCC1.NC[C@H](N)C(=O)O. The monoisotopic (exact) mass is 433 g/mol. The molecule has 0 heterocycles. The molecule has 1 atom stereocenters. The molecule has 148 valence electrons. The van der Waals surface area contributed by atoms with Gasteiger partial charge in [-0.2, -0.15) is 0 Å². The van der Waals surface area contributed by atoms with E-state index in [2.05, 4.69) is 15.9 Å². The van der Waals surface area contributed by atoms with Crippen LogP contribution in [0, 0.1) is 0 Å². The summed E-state index contributed by atoms with van der Waals surface area (Å²) in [5.41, 5.74) is 15.8. The Balaban J connectivity index is 0.000000385. The number of rotatable bonds is 4. The van der Waals surface area contributed by atoms with Crippen molar-refractivity contribution in [2.45, 2.75) is 44.2 Å². The number of carboxylic acid groups (broad SMARTS) is 1. The van der Waals surface area contributed by atoms with E-state index in [4.69, 9.17) is 27.0 Å². The molecule has 2 rings (SSSR count). The van der Waals surface area contributed by atoms with Crippen LogP contribution in [0.15, 0.2) is 16.6 Å². The number of methoxy groups -OCH3 is 1. The summed E-state index contributed by atoms with van der Waals surface area (Å²) < 4.78 is 5.34. The highest BCUT2D eigenvalue weighted by atomic mass is 79.9. The number of hydrogen-bond acceptors (Lipinski definition) is 7. The Kier molecular flexibility index (Phi) is 12.6. The summed E-state index contributed by atoms with van der Waals surface area (Å²) in [6.07, 6.45) is 7.33. The lowest BCUT2D eigenvalue weighted by atomic mass is 9.97. The number of carbonyl (C=O) groups is 2. The highest BCUT2D eigenvalue weighted by molar-refractivity contribution is 9.10. The van der Waals surface area contributed by atoms with Crippen molar-refractivity contribution in [1.29, 1.82) is 0 Å². The van der Waals surface area contributed by atoms with Gasteiger partial charge in [0.05, 0.1) is 17.1 Å². The number of hydrogen-bond donors (Lipinski definition) is 5. The molecule has 1 aromatic rings. The fraction of sp³-hybridized carbons (Fsp3) is 0.529. The normalized spacial score (nSPS) is 14.8. The molecule has 26 heavy (non-hydrogen) atoms. The van der Waals surface area contributed by atoms with Crippen molar-refractivity contribution in [2.75, 3.05) is 13.7 Å². The Morgan fingerprint density at radius 3 is 2.27 bits per heavy atom. The van der Waals surface area contributed by atoms with Gasteiger partial charge in [-0.25, -0.2) is 0 Å². The van der Waals surface area contributed by atoms with Gasteiger partial charge in [-0.05, 0) is 34.8 Å². The highest BCUT2D eigenvalue weighted by Crippen LogP contribution is 2.30. The molecule has 1 saturated carbocycles. The van der Waals surface area contributed by atoms with Crippen molar-refractivity contribution < 1.29 is 24.5 Å². The molecule has 1 aliphatic rings. The predicted octanol–water partition coefficient (Wildman–Crippen LogP) is 1.61. The molecule has 0 unspecified atom stereocenters. The fourth-order valence-corrected chi connectivity index (χ4v) is 2.42. The van der Waals surface area contributed by atoms with E-state index in [0.29, 0.717) is 28.1 Å². The van der Waals surface area contributed by atoms with E-state index in [0.717, 1.165) is 0 Å². The van der Waals surface area contributed by atoms with Crippen LogP contribution in [-0.2, 0) is 4.79 Å². The number of carbonyl (C=O) groups excluding carboxylic acids is 1. The van der Waals surface area contributed by atoms with Crippen molar-refractivity contribution >= 4 is 28.2 Å². The number of nitrogens with two attached hydrogens (primary N) is 3. The Labute approximate surface area is 161 Å². The molecule has 9 heteroatoms. The molecule has 0 aromatic heterocycles. The molecule has 0 amide bonds. The number of carboxylic acids is 1. The van der Waals surface area contributed by atoms with Crippen LogP contribution in [0.25, 0.3) is 0 Å². The molecule has 0 spiro atoms. The number of phenolic OH excluding ortho intramolecular Hbond substituents is 1. The molecule has 0 saturated heterocycles. The third kappa shape index (κ3) is 9.71. The summed E-state index contributed by atoms with van der Waals surface area (Å²) in [5.74, 6) is -0.634. The zero-order valence-electron chi connectivity index (χ0n) is 14.9. The Morgan fingerprint density at radius 2 is 1.96 bits per heavy atom. The maximum Gasteiger partial charge on any atom is 0.321 e. The van der Waals surface area contributed by atoms with Crippen molar-refractivity contribution in [3.05, 3.63) is 22.2 Å². The average Bonchev–Trinajstić information content (AvgIpc) is 2.64. The maximum absolute atomic E-state index is 10.5. The van der Waals surface area contributed by atoms with Crippen LogP contribution in [0.2, 0.25) is 0 Å². The van der Waals surface area contributed by atoms with E-state index in [9.17, 15) is 14.7 Å². The summed E-state index contributed by atoms with van der Waals surface area (Å²) >= 11 is 3.09. The van der Waals surface area contributed by atoms with Crippen LogP contribution < -0.4 is 21.9 Å². The van der Waals surface area contributed by atoms with Crippen molar-refractivity contribution in [1.82, 2.24) is 0 Å². The predicted molar refractivity (Wildman–Crippen MR) is 103 cm³/mol. The van der Waals surface area contributed by atoms with E-state index < -0.39 is 12.0 Å². The number of aromatic hydroxyl groups is 1. The second kappa shape index (κ2) is 13.5. The first-order valence-electron chi connectivity index (χ1n) is 8.22. The fourth-order valence-electron chi connectivity index (χ4n) is 2.06. The molecule has 1 aromatic carbocycles. The van der Waals surface area contributed by atoms with Crippen LogP contribution in [-0.4, -0.2) is 48.2 Å². The lowest BCUT2D eigenvalue weighted by Gasteiger charge is -2.15. The minimum Gasteiger partial charge on any atom is -0.507 e. The highest BCUT2D eigenvalue weighted by Gasteiger charge is 2.07. The largest absolute Gasteiger partial charge is 0.507 e. The Morgan fingerprint density at radius 1 is 1.38 bits per heavy atom. The van der Waals surface area contributed by atoms with Crippen LogP contribution in [0.3, 0.4) is 0 Å². The molecular weight excluding hydrogens is 406 g/mol. The smallest absolute Gasteiger partial charge is 0.321 e. The minimum atomic E-state index is -1.05. The third-order valence-corrected chi connectivity index (χ3v) is 4.28. The standard InChI is InChI=1S/C8H7BrO3.C6H13N.C3H8N2O2/c1-12-8-3-7(11)6(9)2-5(8)4-10;7-6-4-2-1-3-5-6;4-1-2(5)3(6)7/h2-4,11H,1H3;6H,1-5,7H2;2H,1,4-5H2,(H,6,7)/t;;2-/m..0/s1. The van der Waals surface area contributed by atoms with Gasteiger partial charge in [0, 0.05) is 18.7 Å². The van der Waals surface area contributed by atoms with Gasteiger partial charge in [0.2, 0.25) is 0 Å². The third-order valence-electron chi connectivity index (χ3n) is 3.65. The molecule has 1 aliphatic carbocycles. The maximum atomic E-state index is 10.5. The minimum absolute atomic E-state index is 0.00463. The zero-order valence-corrected chi connectivity index (χ0v) is 16.4. The molecule has 8 nitrogen and oxygen atoms in total. The number of benzene rings is 1. The number of phenols is 1. The number of aldehydes is 1. The summed E-state index contributed by atoms with van der Waals surface area (Å²) in [5, 5.41) is 17.2. The van der Waals surface area contributed by atoms with Gasteiger partial charge in [-0.15, -0.1) is 0 Å². The molecule has 0 radical (unpaired) electrons. The van der Waals surface area contributed by atoms with Gasteiger partial charge >= 0.3 is 5.97 Å². The Hall–Kier alpha value is -1.68. The van der Waals surface area contributed by atoms with Gasteiger partial charge in [-0.3, -0.25) is 9.59 Å². The van der Waals surface area contributed by atoms with Gasteiger partial charge in [0.1, 0.15) is 17.5 Å². The van der Waals surface area contributed by atoms with Gasteiger partial charge in [0.15, 0.2) is 6.29 Å². The summed E-state index contributed by atoms with van der Waals surface area (Å²) in [7, 11) is 1.44. The Bertz CT molecular complexity index is 566. The quantitative estimate of drug-likeness (QED) is 0.447. The van der Waals surface area contributed by atoms with Crippen LogP contribution >= 0.6 is 15.9 Å². The van der Waals surface area contributed by atoms with Crippen molar-refractivity contribution in [2.24, 2.45) is 17.2 Å². The first-order chi connectivity index (χ1) is 12.3. The lowest BCUT2D eigenvalue weighted by molar-refractivity contribution is -0.138. The molecule has 1 fully saturated rings. The topological polar surface area (TPSA) is 162 Å². The average molecular weight is 434 g/mol. The first kappa shape index (κ1) is 24.3. The van der Waals surface area contributed by atoms with Crippen LogP contribution in [0.4, 0.5) is 0 Å². The van der Waals surface area contributed by atoms with Crippen LogP contribution in [0.5, 0.6) is 11.5 Å². The molecule has 0 bridgehead atoms. The van der Waals surface area contributed by atoms with E-state index >= 15 is 0 Å². The van der Waals surface area contributed by atoms with E-state index in [1.807, 2.05) is 0 Å². The summed E-state index contributed by atoms with van der Waals surface area (Å²) in [6.45, 7) is -0.00463. The van der Waals surface area contributed by atoms with E-state index in [-0.39, 0.29) is 12.3 Å². The van der Waals surface area contributed by atoms with Crippen LogP contribution in [0.1, 0.15) is 42.5 Å². The second-order valence-electron chi connectivity index (χ2n) is 5.74. The number of ether oxygens (including phenoxy) is 1.